The maximum absolute atomic E-state index is 11.4. The zero-order valence-electron chi connectivity index (χ0n) is 10.3. The van der Waals surface area contributed by atoms with Gasteiger partial charge in [0.25, 0.3) is 0 Å². The van der Waals surface area contributed by atoms with E-state index in [1.165, 1.54) is 0 Å². The standard InChI is InChI=1S/C13H14N4O/c1-7-11(14)12(17-8(2)16-7)9-5-3-4-6-10(9)13(15)18/h3-6H,14H2,1-2H3,(H2,15,18). The van der Waals surface area contributed by atoms with Gasteiger partial charge in [0, 0.05) is 11.1 Å². The van der Waals surface area contributed by atoms with Crippen molar-refractivity contribution in [3.63, 3.8) is 0 Å². The number of rotatable bonds is 2. The summed E-state index contributed by atoms with van der Waals surface area (Å²) in [6.07, 6.45) is 0. The Balaban J connectivity index is 2.73. The molecule has 0 aliphatic rings. The van der Waals surface area contributed by atoms with Crippen LogP contribution in [0.3, 0.4) is 0 Å². The van der Waals surface area contributed by atoms with E-state index in [0.717, 1.165) is 0 Å². The van der Waals surface area contributed by atoms with Gasteiger partial charge in [-0.15, -0.1) is 0 Å². The molecule has 5 heteroatoms. The number of aromatic nitrogens is 2. The van der Waals surface area contributed by atoms with E-state index in [4.69, 9.17) is 11.5 Å². The molecule has 0 radical (unpaired) electrons. The molecule has 0 aliphatic carbocycles. The summed E-state index contributed by atoms with van der Waals surface area (Å²) in [6.45, 7) is 3.59. The Hall–Kier alpha value is -2.43. The van der Waals surface area contributed by atoms with E-state index in [1.807, 2.05) is 6.07 Å². The van der Waals surface area contributed by atoms with Gasteiger partial charge >= 0.3 is 0 Å². The maximum atomic E-state index is 11.4. The predicted octanol–water partition coefficient (Wildman–Crippen LogP) is 1.44. The van der Waals surface area contributed by atoms with Crippen LogP contribution in [-0.4, -0.2) is 15.9 Å². The largest absolute Gasteiger partial charge is 0.395 e. The number of primary amides is 1. The van der Waals surface area contributed by atoms with E-state index in [-0.39, 0.29) is 0 Å². The number of nitrogens with zero attached hydrogens (tertiary/aromatic N) is 2. The average Bonchev–Trinajstić information content (AvgIpc) is 2.33. The zero-order valence-corrected chi connectivity index (χ0v) is 10.3. The van der Waals surface area contributed by atoms with Crippen LogP contribution < -0.4 is 11.5 Å². The van der Waals surface area contributed by atoms with Crippen molar-refractivity contribution in [2.75, 3.05) is 5.73 Å². The van der Waals surface area contributed by atoms with Gasteiger partial charge in [-0.05, 0) is 19.9 Å². The number of hydrogen-bond donors (Lipinski definition) is 2. The number of anilines is 1. The van der Waals surface area contributed by atoms with Crippen molar-refractivity contribution < 1.29 is 4.79 Å². The molecule has 0 atom stereocenters. The summed E-state index contributed by atoms with van der Waals surface area (Å²) in [6, 6.07) is 7.00. The monoisotopic (exact) mass is 242 g/mol. The Bertz CT molecular complexity index is 622. The third kappa shape index (κ3) is 2.02. The van der Waals surface area contributed by atoms with Crippen LogP contribution in [0.2, 0.25) is 0 Å². The van der Waals surface area contributed by atoms with Crippen LogP contribution in [0.15, 0.2) is 24.3 Å². The molecule has 2 rings (SSSR count). The van der Waals surface area contributed by atoms with Crippen molar-refractivity contribution in [2.45, 2.75) is 13.8 Å². The number of carbonyl (C=O) groups excluding carboxylic acids is 1. The first kappa shape index (κ1) is 12.0. The number of benzene rings is 1. The normalized spacial score (nSPS) is 10.3. The molecule has 1 amide bonds. The van der Waals surface area contributed by atoms with Crippen molar-refractivity contribution >= 4 is 11.6 Å². The molecule has 1 heterocycles. The van der Waals surface area contributed by atoms with Gasteiger partial charge in [-0.3, -0.25) is 4.79 Å². The minimum atomic E-state index is -0.501. The van der Waals surface area contributed by atoms with Crippen LogP contribution in [0.25, 0.3) is 11.3 Å². The van der Waals surface area contributed by atoms with Crippen LogP contribution in [0.1, 0.15) is 21.9 Å². The van der Waals surface area contributed by atoms with Crippen LogP contribution in [0, 0.1) is 13.8 Å². The lowest BCUT2D eigenvalue weighted by Crippen LogP contribution is -2.13. The third-order valence-electron chi connectivity index (χ3n) is 2.70. The van der Waals surface area contributed by atoms with Gasteiger partial charge in [-0.25, -0.2) is 9.97 Å². The number of nitrogen functional groups attached to an aromatic ring is 1. The quantitative estimate of drug-likeness (QED) is 0.833. The first-order chi connectivity index (χ1) is 8.50. The zero-order chi connectivity index (χ0) is 13.3. The molecule has 1 aromatic heterocycles. The summed E-state index contributed by atoms with van der Waals surface area (Å²) in [4.78, 5) is 19.9. The minimum Gasteiger partial charge on any atom is -0.395 e. The smallest absolute Gasteiger partial charge is 0.249 e. The molecular formula is C13H14N4O. The van der Waals surface area contributed by atoms with Crippen molar-refractivity contribution in [1.82, 2.24) is 9.97 Å². The van der Waals surface area contributed by atoms with Gasteiger partial charge in [0.2, 0.25) is 5.91 Å². The molecule has 0 fully saturated rings. The highest BCUT2D eigenvalue weighted by Crippen LogP contribution is 2.28. The maximum Gasteiger partial charge on any atom is 0.249 e. The van der Waals surface area contributed by atoms with Gasteiger partial charge in [-0.1, -0.05) is 18.2 Å². The van der Waals surface area contributed by atoms with E-state index in [0.29, 0.717) is 34.0 Å². The van der Waals surface area contributed by atoms with Gasteiger partial charge in [-0.2, -0.15) is 0 Å². The molecular weight excluding hydrogens is 228 g/mol. The van der Waals surface area contributed by atoms with E-state index in [2.05, 4.69) is 9.97 Å². The lowest BCUT2D eigenvalue weighted by Gasteiger charge is -2.11. The molecule has 92 valence electrons. The van der Waals surface area contributed by atoms with Gasteiger partial charge in [0.15, 0.2) is 0 Å². The Morgan fingerprint density at radius 2 is 1.83 bits per heavy atom. The second-order valence-corrected chi connectivity index (χ2v) is 4.03. The fraction of sp³-hybridized carbons (Fsp3) is 0.154. The Morgan fingerprint density at radius 1 is 1.17 bits per heavy atom. The van der Waals surface area contributed by atoms with E-state index in [9.17, 15) is 4.79 Å². The highest BCUT2D eigenvalue weighted by atomic mass is 16.1. The highest BCUT2D eigenvalue weighted by molar-refractivity contribution is 6.00. The first-order valence-electron chi connectivity index (χ1n) is 5.50. The Labute approximate surface area is 105 Å². The fourth-order valence-corrected chi connectivity index (χ4v) is 1.83. The molecule has 0 aliphatic heterocycles. The number of hydrogen-bond acceptors (Lipinski definition) is 4. The van der Waals surface area contributed by atoms with Crippen LogP contribution in [0.4, 0.5) is 5.69 Å². The molecule has 18 heavy (non-hydrogen) atoms. The van der Waals surface area contributed by atoms with Crippen LogP contribution in [-0.2, 0) is 0 Å². The van der Waals surface area contributed by atoms with E-state index in [1.54, 1.807) is 32.0 Å². The molecule has 1 aromatic carbocycles. The third-order valence-corrected chi connectivity index (χ3v) is 2.70. The fourth-order valence-electron chi connectivity index (χ4n) is 1.83. The molecule has 4 N–H and O–H groups in total. The number of amides is 1. The molecule has 0 saturated carbocycles. The van der Waals surface area contributed by atoms with Crippen molar-refractivity contribution in [3.05, 3.63) is 41.3 Å². The van der Waals surface area contributed by atoms with Gasteiger partial charge in [0.1, 0.15) is 5.82 Å². The molecule has 5 nitrogen and oxygen atoms in total. The van der Waals surface area contributed by atoms with Crippen molar-refractivity contribution in [3.8, 4) is 11.3 Å². The average molecular weight is 242 g/mol. The Kier molecular flexibility index (Phi) is 2.97. The van der Waals surface area contributed by atoms with Crippen LogP contribution >= 0.6 is 0 Å². The number of aryl methyl sites for hydroxylation is 2. The summed E-state index contributed by atoms with van der Waals surface area (Å²) < 4.78 is 0. The summed E-state index contributed by atoms with van der Waals surface area (Å²) in [5, 5.41) is 0. The SMILES string of the molecule is Cc1nc(C)c(N)c(-c2ccccc2C(N)=O)n1. The number of carbonyl (C=O) groups is 1. The lowest BCUT2D eigenvalue weighted by atomic mass is 10.0. The lowest BCUT2D eigenvalue weighted by molar-refractivity contribution is 0.100. The second-order valence-electron chi connectivity index (χ2n) is 4.03. The molecule has 0 spiro atoms. The minimum absolute atomic E-state index is 0.404. The summed E-state index contributed by atoms with van der Waals surface area (Å²) >= 11 is 0. The summed E-state index contributed by atoms with van der Waals surface area (Å²) in [5.74, 6) is 0.106. The van der Waals surface area contributed by atoms with Gasteiger partial charge < -0.3 is 11.5 Å². The molecule has 0 saturated heterocycles. The summed E-state index contributed by atoms with van der Waals surface area (Å²) in [7, 11) is 0. The van der Waals surface area contributed by atoms with Crippen molar-refractivity contribution in [1.29, 1.82) is 0 Å². The summed E-state index contributed by atoms with van der Waals surface area (Å²) in [5.41, 5.74) is 14.1. The Morgan fingerprint density at radius 3 is 2.50 bits per heavy atom. The number of nitrogens with two attached hydrogens (primary N) is 2. The first-order valence-corrected chi connectivity index (χ1v) is 5.50. The molecule has 0 unspecified atom stereocenters. The molecule has 2 aromatic rings. The topological polar surface area (TPSA) is 94.9 Å². The van der Waals surface area contributed by atoms with Crippen molar-refractivity contribution in [2.24, 2.45) is 5.73 Å². The van der Waals surface area contributed by atoms with Crippen LogP contribution in [0.5, 0.6) is 0 Å². The van der Waals surface area contributed by atoms with Gasteiger partial charge in [0.05, 0.1) is 17.1 Å². The molecule has 0 bridgehead atoms. The van der Waals surface area contributed by atoms with E-state index >= 15 is 0 Å². The predicted molar refractivity (Wildman–Crippen MR) is 69.9 cm³/mol. The highest BCUT2D eigenvalue weighted by Gasteiger charge is 2.15. The second kappa shape index (κ2) is 4.44. The van der Waals surface area contributed by atoms with E-state index < -0.39 is 5.91 Å².